The standard InChI is InChI=1S/C13H25ClN2O3S/c14-7-2-8-20(18,19)15-9-13(17)10-16-11-3-1-4-12(16)6-5-11/h11-13,15,17H,1-10H2/t11-,12+,13?. The fourth-order valence-electron chi connectivity index (χ4n) is 3.37. The summed E-state index contributed by atoms with van der Waals surface area (Å²) < 4.78 is 25.7. The van der Waals surface area contributed by atoms with Crippen LogP contribution in [0.3, 0.4) is 0 Å². The third-order valence-electron chi connectivity index (χ3n) is 4.35. The van der Waals surface area contributed by atoms with E-state index in [2.05, 4.69) is 9.62 Å². The lowest BCUT2D eigenvalue weighted by atomic mass is 10.0. The first-order valence-corrected chi connectivity index (χ1v) is 9.67. The number of aliphatic hydroxyl groups excluding tert-OH is 1. The lowest BCUT2D eigenvalue weighted by Crippen LogP contribution is -2.47. The summed E-state index contributed by atoms with van der Waals surface area (Å²) in [5, 5.41) is 10.1. The van der Waals surface area contributed by atoms with E-state index in [1.54, 1.807) is 0 Å². The van der Waals surface area contributed by atoms with Crippen LogP contribution >= 0.6 is 11.6 Å². The van der Waals surface area contributed by atoms with Crippen LogP contribution < -0.4 is 4.72 Å². The molecule has 0 radical (unpaired) electrons. The summed E-state index contributed by atoms with van der Waals surface area (Å²) >= 11 is 5.49. The number of hydrogen-bond donors (Lipinski definition) is 2. The van der Waals surface area contributed by atoms with Gasteiger partial charge in [-0.3, -0.25) is 4.90 Å². The minimum Gasteiger partial charge on any atom is -0.390 e. The van der Waals surface area contributed by atoms with Crippen molar-refractivity contribution in [3.8, 4) is 0 Å². The molecule has 118 valence electrons. The molecule has 0 saturated carbocycles. The highest BCUT2D eigenvalue weighted by molar-refractivity contribution is 7.89. The van der Waals surface area contributed by atoms with Gasteiger partial charge in [0, 0.05) is 31.1 Å². The summed E-state index contributed by atoms with van der Waals surface area (Å²) in [4.78, 5) is 2.38. The molecule has 2 heterocycles. The molecule has 2 aliphatic rings. The number of hydrogen-bond acceptors (Lipinski definition) is 4. The third-order valence-corrected chi connectivity index (χ3v) is 6.05. The molecule has 0 aromatic rings. The number of halogens is 1. The highest BCUT2D eigenvalue weighted by Gasteiger charge is 2.37. The molecule has 2 bridgehead atoms. The zero-order valence-electron chi connectivity index (χ0n) is 11.8. The van der Waals surface area contributed by atoms with Crippen molar-refractivity contribution in [2.45, 2.75) is 56.7 Å². The van der Waals surface area contributed by atoms with Gasteiger partial charge in [0.15, 0.2) is 0 Å². The van der Waals surface area contributed by atoms with E-state index in [-0.39, 0.29) is 12.3 Å². The number of fused-ring (bicyclic) bond motifs is 2. The van der Waals surface area contributed by atoms with Crippen LogP contribution in [0.5, 0.6) is 0 Å². The van der Waals surface area contributed by atoms with Crippen molar-refractivity contribution in [1.82, 2.24) is 9.62 Å². The van der Waals surface area contributed by atoms with E-state index in [1.807, 2.05) is 0 Å². The predicted octanol–water partition coefficient (Wildman–Crippen LogP) is 0.912. The minimum absolute atomic E-state index is 0.0260. The molecule has 0 spiro atoms. The van der Waals surface area contributed by atoms with Crippen LogP contribution in [0.2, 0.25) is 0 Å². The second-order valence-corrected chi connectivity index (χ2v) is 8.18. The van der Waals surface area contributed by atoms with Crippen LogP contribution in [0, 0.1) is 0 Å². The van der Waals surface area contributed by atoms with Crippen LogP contribution in [-0.4, -0.2) is 61.3 Å². The molecular formula is C13H25ClN2O3S. The first-order valence-electron chi connectivity index (χ1n) is 7.49. The average molecular weight is 325 g/mol. The Labute approximate surface area is 126 Å². The van der Waals surface area contributed by atoms with Crippen molar-refractivity contribution in [3.63, 3.8) is 0 Å². The molecule has 20 heavy (non-hydrogen) atoms. The molecule has 0 aliphatic carbocycles. The van der Waals surface area contributed by atoms with Crippen molar-refractivity contribution in [3.05, 3.63) is 0 Å². The Morgan fingerprint density at radius 1 is 1.25 bits per heavy atom. The van der Waals surface area contributed by atoms with Crippen LogP contribution in [0.1, 0.15) is 38.5 Å². The monoisotopic (exact) mass is 324 g/mol. The maximum Gasteiger partial charge on any atom is 0.211 e. The normalized spacial score (nSPS) is 28.7. The summed E-state index contributed by atoms with van der Waals surface area (Å²) in [5.41, 5.74) is 0. The molecule has 2 N–H and O–H groups in total. The molecule has 0 aromatic carbocycles. The van der Waals surface area contributed by atoms with Gasteiger partial charge in [-0.15, -0.1) is 11.6 Å². The molecule has 0 aromatic heterocycles. The van der Waals surface area contributed by atoms with Gasteiger partial charge in [0.05, 0.1) is 11.9 Å². The fraction of sp³-hybridized carbons (Fsp3) is 1.00. The van der Waals surface area contributed by atoms with Crippen LogP contribution in [0.4, 0.5) is 0 Å². The van der Waals surface area contributed by atoms with Gasteiger partial charge in [-0.1, -0.05) is 6.42 Å². The van der Waals surface area contributed by atoms with E-state index in [0.29, 0.717) is 30.9 Å². The smallest absolute Gasteiger partial charge is 0.211 e. The first-order chi connectivity index (χ1) is 9.52. The lowest BCUT2D eigenvalue weighted by Gasteiger charge is -2.36. The molecular weight excluding hydrogens is 300 g/mol. The highest BCUT2D eigenvalue weighted by Crippen LogP contribution is 2.35. The maximum absolute atomic E-state index is 11.6. The SMILES string of the molecule is O=S(=O)(CCCCl)NCC(O)CN1[C@@H]2CCC[C@H]1CC2. The van der Waals surface area contributed by atoms with Crippen LogP contribution in [0.25, 0.3) is 0 Å². The van der Waals surface area contributed by atoms with Crippen molar-refractivity contribution in [2.24, 2.45) is 0 Å². The lowest BCUT2D eigenvalue weighted by molar-refractivity contribution is 0.0647. The van der Waals surface area contributed by atoms with Gasteiger partial charge in [0.1, 0.15) is 0 Å². The predicted molar refractivity (Wildman–Crippen MR) is 80.5 cm³/mol. The number of aliphatic hydroxyl groups is 1. The van der Waals surface area contributed by atoms with Crippen molar-refractivity contribution < 1.29 is 13.5 Å². The summed E-state index contributed by atoms with van der Waals surface area (Å²) in [6.45, 7) is 0.675. The summed E-state index contributed by atoms with van der Waals surface area (Å²) in [7, 11) is -3.30. The highest BCUT2D eigenvalue weighted by atomic mass is 35.5. The molecule has 1 unspecified atom stereocenters. The minimum atomic E-state index is -3.30. The number of sulfonamides is 1. The zero-order valence-corrected chi connectivity index (χ0v) is 13.4. The van der Waals surface area contributed by atoms with E-state index < -0.39 is 16.1 Å². The number of nitrogens with zero attached hydrogens (tertiary/aromatic N) is 1. The van der Waals surface area contributed by atoms with Crippen LogP contribution in [-0.2, 0) is 10.0 Å². The number of alkyl halides is 1. The number of nitrogens with one attached hydrogen (secondary N) is 1. The molecule has 0 amide bonds. The summed E-state index contributed by atoms with van der Waals surface area (Å²) in [6.07, 6.45) is 5.95. The number of rotatable bonds is 8. The molecule has 2 fully saturated rings. The maximum atomic E-state index is 11.6. The van der Waals surface area contributed by atoms with E-state index >= 15 is 0 Å². The average Bonchev–Trinajstić information content (AvgIpc) is 2.65. The Balaban J connectivity index is 1.74. The largest absolute Gasteiger partial charge is 0.390 e. The Bertz CT molecular complexity index is 388. The van der Waals surface area contributed by atoms with Gasteiger partial charge in [0.2, 0.25) is 10.0 Å². The van der Waals surface area contributed by atoms with Gasteiger partial charge in [-0.25, -0.2) is 13.1 Å². The van der Waals surface area contributed by atoms with E-state index in [1.165, 1.54) is 32.1 Å². The van der Waals surface area contributed by atoms with Gasteiger partial charge in [-0.05, 0) is 32.1 Å². The van der Waals surface area contributed by atoms with Crippen LogP contribution in [0.15, 0.2) is 0 Å². The molecule has 7 heteroatoms. The quantitative estimate of drug-likeness (QED) is 0.651. The van der Waals surface area contributed by atoms with Gasteiger partial charge in [-0.2, -0.15) is 0 Å². The van der Waals surface area contributed by atoms with Crippen molar-refractivity contribution in [1.29, 1.82) is 0 Å². The van der Waals surface area contributed by atoms with E-state index in [9.17, 15) is 13.5 Å². The topological polar surface area (TPSA) is 69.6 Å². The van der Waals surface area contributed by atoms with Gasteiger partial charge >= 0.3 is 0 Å². The Kier molecular flexibility index (Phi) is 6.10. The Morgan fingerprint density at radius 2 is 1.90 bits per heavy atom. The second-order valence-electron chi connectivity index (χ2n) is 5.88. The van der Waals surface area contributed by atoms with Crippen molar-refractivity contribution in [2.75, 3.05) is 24.7 Å². The molecule has 2 aliphatic heterocycles. The van der Waals surface area contributed by atoms with E-state index in [0.717, 1.165) is 0 Å². The summed E-state index contributed by atoms with van der Waals surface area (Å²) in [6, 6.07) is 1.19. The molecule has 5 nitrogen and oxygen atoms in total. The van der Waals surface area contributed by atoms with Gasteiger partial charge in [0.25, 0.3) is 0 Å². The third kappa shape index (κ3) is 4.56. The Morgan fingerprint density at radius 3 is 2.50 bits per heavy atom. The fourth-order valence-corrected chi connectivity index (χ4v) is 4.78. The number of piperidine rings is 1. The summed E-state index contributed by atoms with van der Waals surface area (Å²) in [5.74, 6) is 0.360. The molecule has 2 saturated heterocycles. The Hall–Kier alpha value is 0.120. The van der Waals surface area contributed by atoms with Crippen molar-refractivity contribution >= 4 is 21.6 Å². The van der Waals surface area contributed by atoms with Gasteiger partial charge < -0.3 is 5.11 Å². The van der Waals surface area contributed by atoms with E-state index in [4.69, 9.17) is 11.6 Å². The first kappa shape index (κ1) is 16.5. The molecule has 3 atom stereocenters. The second kappa shape index (κ2) is 7.40. The molecule has 2 rings (SSSR count). The zero-order chi connectivity index (χ0) is 14.6.